The van der Waals surface area contributed by atoms with Crippen LogP contribution in [0.2, 0.25) is 0 Å². The highest BCUT2D eigenvalue weighted by Gasteiger charge is 2.39. The summed E-state index contributed by atoms with van der Waals surface area (Å²) in [6.07, 6.45) is 4.01. The van der Waals surface area contributed by atoms with Crippen molar-refractivity contribution < 1.29 is 31.5 Å². The van der Waals surface area contributed by atoms with Gasteiger partial charge in [0.15, 0.2) is 23.1 Å². The van der Waals surface area contributed by atoms with Crippen LogP contribution in [-0.4, -0.2) is 36.0 Å². The quantitative estimate of drug-likeness (QED) is 0.600. The van der Waals surface area contributed by atoms with Gasteiger partial charge in [-0.05, 0) is 44.9 Å². The zero-order valence-corrected chi connectivity index (χ0v) is 15.7. The second kappa shape index (κ2) is 7.70. The van der Waals surface area contributed by atoms with Gasteiger partial charge in [0, 0.05) is 24.2 Å². The van der Waals surface area contributed by atoms with E-state index in [1.54, 1.807) is 0 Å². The first kappa shape index (κ1) is 19.8. The second-order valence-electron chi connectivity index (χ2n) is 7.54. The fourth-order valence-electron chi connectivity index (χ4n) is 4.18. The molecule has 156 valence electrons. The minimum atomic E-state index is -1.63. The molecule has 3 heterocycles. The Bertz CT molecular complexity index is 892. The first-order chi connectivity index (χ1) is 13.8. The number of furan rings is 1. The number of rotatable bonds is 5. The van der Waals surface area contributed by atoms with E-state index >= 15 is 0 Å². The van der Waals surface area contributed by atoms with E-state index in [0.717, 1.165) is 25.7 Å². The second-order valence-corrected chi connectivity index (χ2v) is 7.54. The van der Waals surface area contributed by atoms with Gasteiger partial charge >= 0.3 is 0 Å². The lowest BCUT2D eigenvalue weighted by Gasteiger charge is -2.36. The molecule has 2 saturated heterocycles. The summed E-state index contributed by atoms with van der Waals surface area (Å²) < 4.78 is 63.9. The highest BCUT2D eigenvalue weighted by molar-refractivity contribution is 5.91. The van der Waals surface area contributed by atoms with Gasteiger partial charge in [0.2, 0.25) is 11.6 Å². The Morgan fingerprint density at radius 2 is 1.76 bits per heavy atom. The van der Waals surface area contributed by atoms with Gasteiger partial charge in [-0.2, -0.15) is 8.78 Å². The third kappa shape index (κ3) is 3.83. The first-order valence-electron chi connectivity index (χ1n) is 9.40. The molecule has 4 rings (SSSR count). The Hall–Kier alpha value is -2.55. The third-order valence-electron chi connectivity index (χ3n) is 5.75. The summed E-state index contributed by atoms with van der Waals surface area (Å²) in [7, 11) is 2.11. The molecule has 29 heavy (non-hydrogen) atoms. The summed E-state index contributed by atoms with van der Waals surface area (Å²) in [6.45, 7) is -0.498. The van der Waals surface area contributed by atoms with Crippen molar-refractivity contribution in [2.75, 3.05) is 7.05 Å². The molecular formula is C20H20F4N2O3. The van der Waals surface area contributed by atoms with Crippen LogP contribution in [0.5, 0.6) is 5.75 Å². The lowest BCUT2D eigenvalue weighted by molar-refractivity contribution is 0.0851. The number of hydrogen-bond acceptors (Lipinski definition) is 4. The molecule has 1 N–H and O–H groups in total. The van der Waals surface area contributed by atoms with Crippen molar-refractivity contribution in [3.63, 3.8) is 0 Å². The van der Waals surface area contributed by atoms with Crippen LogP contribution in [0.4, 0.5) is 17.6 Å². The molecule has 2 atom stereocenters. The summed E-state index contributed by atoms with van der Waals surface area (Å²) >= 11 is 0. The van der Waals surface area contributed by atoms with E-state index in [2.05, 4.69) is 17.3 Å². The Kier molecular flexibility index (Phi) is 5.24. The van der Waals surface area contributed by atoms with Gasteiger partial charge in [-0.25, -0.2) is 8.78 Å². The molecule has 1 amide bonds. The predicted molar refractivity (Wildman–Crippen MR) is 94.4 cm³/mol. The van der Waals surface area contributed by atoms with E-state index in [9.17, 15) is 22.4 Å². The molecule has 0 saturated carbocycles. The molecule has 0 radical (unpaired) electrons. The van der Waals surface area contributed by atoms with Crippen LogP contribution in [0.15, 0.2) is 22.6 Å². The number of carbonyl (C=O) groups excluding carboxylic acids is 1. The lowest BCUT2D eigenvalue weighted by Crippen LogP contribution is -2.48. The number of benzene rings is 1. The van der Waals surface area contributed by atoms with Crippen molar-refractivity contribution >= 4 is 5.91 Å². The van der Waals surface area contributed by atoms with Gasteiger partial charge in [-0.15, -0.1) is 0 Å². The number of ether oxygens (including phenoxy) is 1. The average Bonchev–Trinajstić information content (AvgIpc) is 3.22. The molecule has 1 aromatic heterocycles. The predicted octanol–water partition coefficient (Wildman–Crippen LogP) is 3.77. The van der Waals surface area contributed by atoms with Crippen LogP contribution in [0.3, 0.4) is 0 Å². The fraction of sp³-hybridized carbons (Fsp3) is 0.450. The summed E-state index contributed by atoms with van der Waals surface area (Å²) in [6, 6.07) is 3.91. The molecule has 9 heteroatoms. The van der Waals surface area contributed by atoms with Crippen molar-refractivity contribution in [2.24, 2.45) is 0 Å². The molecule has 5 nitrogen and oxygen atoms in total. The molecule has 2 aromatic rings. The number of piperidine rings is 1. The normalized spacial score (nSPS) is 24.0. The number of nitrogens with zero attached hydrogens (tertiary/aromatic N) is 1. The third-order valence-corrected chi connectivity index (χ3v) is 5.75. The van der Waals surface area contributed by atoms with Crippen LogP contribution in [0.25, 0.3) is 0 Å². The number of carbonyl (C=O) groups is 1. The molecule has 2 unspecified atom stereocenters. The SMILES string of the molecule is CN1C2CCC1CC(NC(=O)c1ccc(COc3c(F)c(F)cc(F)c3F)o1)C2. The topological polar surface area (TPSA) is 54.7 Å². The van der Waals surface area contributed by atoms with Crippen LogP contribution in [0.1, 0.15) is 42.0 Å². The minimum absolute atomic E-state index is 0.0289. The van der Waals surface area contributed by atoms with Gasteiger partial charge in [-0.3, -0.25) is 4.79 Å². The molecule has 2 aliphatic heterocycles. The fourth-order valence-corrected chi connectivity index (χ4v) is 4.18. The van der Waals surface area contributed by atoms with Gasteiger partial charge in [0.1, 0.15) is 12.4 Å². The average molecular weight is 412 g/mol. The van der Waals surface area contributed by atoms with Gasteiger partial charge in [-0.1, -0.05) is 0 Å². The Balaban J connectivity index is 1.37. The van der Waals surface area contributed by atoms with Crippen molar-refractivity contribution in [2.45, 2.75) is 50.4 Å². The highest BCUT2D eigenvalue weighted by atomic mass is 19.2. The highest BCUT2D eigenvalue weighted by Crippen LogP contribution is 2.34. The summed E-state index contributed by atoms with van der Waals surface area (Å²) in [4.78, 5) is 14.8. The smallest absolute Gasteiger partial charge is 0.287 e. The molecule has 0 aliphatic carbocycles. The van der Waals surface area contributed by atoms with Crippen molar-refractivity contribution in [1.29, 1.82) is 0 Å². The molecule has 2 bridgehead atoms. The monoisotopic (exact) mass is 412 g/mol. The lowest BCUT2D eigenvalue weighted by atomic mass is 9.98. The zero-order chi connectivity index (χ0) is 20.7. The number of fused-ring (bicyclic) bond motifs is 2. The summed E-state index contributed by atoms with van der Waals surface area (Å²) in [5.41, 5.74) is 0. The van der Waals surface area contributed by atoms with Crippen LogP contribution < -0.4 is 10.1 Å². The molecule has 2 aliphatic rings. The van der Waals surface area contributed by atoms with E-state index in [1.165, 1.54) is 12.1 Å². The van der Waals surface area contributed by atoms with Crippen molar-refractivity contribution in [3.05, 3.63) is 53.0 Å². The first-order valence-corrected chi connectivity index (χ1v) is 9.40. The van der Waals surface area contributed by atoms with Crippen LogP contribution in [-0.2, 0) is 6.61 Å². The van der Waals surface area contributed by atoms with Crippen LogP contribution >= 0.6 is 0 Å². The summed E-state index contributed by atoms with van der Waals surface area (Å²) in [5.74, 6) is -7.85. The number of amides is 1. The zero-order valence-electron chi connectivity index (χ0n) is 15.7. The van der Waals surface area contributed by atoms with Crippen molar-refractivity contribution in [1.82, 2.24) is 10.2 Å². The number of nitrogens with one attached hydrogen (secondary N) is 1. The molecular weight excluding hydrogens is 392 g/mol. The van der Waals surface area contributed by atoms with E-state index in [0.29, 0.717) is 12.1 Å². The Morgan fingerprint density at radius 1 is 1.14 bits per heavy atom. The minimum Gasteiger partial charge on any atom is -0.479 e. The van der Waals surface area contributed by atoms with Crippen molar-refractivity contribution in [3.8, 4) is 5.75 Å². The molecule has 1 aromatic carbocycles. The van der Waals surface area contributed by atoms with E-state index in [4.69, 9.17) is 9.15 Å². The molecule has 0 spiro atoms. The van der Waals surface area contributed by atoms with E-state index < -0.39 is 35.6 Å². The van der Waals surface area contributed by atoms with Crippen LogP contribution in [0, 0.1) is 23.3 Å². The number of halogens is 4. The van der Waals surface area contributed by atoms with E-state index in [-0.39, 0.29) is 29.5 Å². The van der Waals surface area contributed by atoms with Gasteiger partial charge in [0.05, 0.1) is 0 Å². The molecule has 2 fully saturated rings. The largest absolute Gasteiger partial charge is 0.479 e. The maximum absolute atomic E-state index is 13.6. The summed E-state index contributed by atoms with van der Waals surface area (Å²) in [5, 5.41) is 2.96. The maximum Gasteiger partial charge on any atom is 0.287 e. The van der Waals surface area contributed by atoms with Gasteiger partial charge in [0.25, 0.3) is 5.91 Å². The van der Waals surface area contributed by atoms with E-state index in [1.807, 2.05) is 0 Å². The standard InChI is InChI=1S/C20H20F4N2O3/c1-26-11-2-3-12(26)7-10(6-11)25-20(27)16-5-4-13(29-16)9-28-19-17(23)14(21)8-15(22)18(19)24/h4-5,8,10-12H,2-3,6-7,9H2,1H3,(H,25,27). The maximum atomic E-state index is 13.6. The Labute approximate surface area is 164 Å². The van der Waals surface area contributed by atoms with Gasteiger partial charge < -0.3 is 19.4 Å². The number of hydrogen-bond donors (Lipinski definition) is 1. The Morgan fingerprint density at radius 3 is 2.38 bits per heavy atom.